The number of aromatic nitrogens is 2. The number of rotatable bonds is 5. The highest BCUT2D eigenvalue weighted by molar-refractivity contribution is 7.97. The van der Waals surface area contributed by atoms with Crippen LogP contribution in [-0.4, -0.2) is 10.1 Å². The van der Waals surface area contributed by atoms with Crippen LogP contribution >= 0.6 is 11.8 Å². The Morgan fingerprint density at radius 2 is 1.71 bits per heavy atom. The fraction of sp³-hybridized carbons (Fsp3) is 0.176. The Kier molecular flexibility index (Phi) is 4.36. The first-order valence-corrected chi connectivity index (χ1v) is 7.98. The first-order valence-electron chi connectivity index (χ1n) is 6.83. The quantitative estimate of drug-likeness (QED) is 0.696. The number of hydrogen-bond donors (Lipinski definition) is 0. The summed E-state index contributed by atoms with van der Waals surface area (Å²) in [6, 6.07) is 18.3. The summed E-state index contributed by atoms with van der Waals surface area (Å²) in [5.74, 6) is 3.01. The second-order valence-corrected chi connectivity index (χ2v) is 5.78. The maximum atomic E-state index is 5.31. The summed E-state index contributed by atoms with van der Waals surface area (Å²) < 4.78 is 5.31. The van der Waals surface area contributed by atoms with Gasteiger partial charge in [0.15, 0.2) is 0 Å². The molecule has 3 aromatic rings. The third-order valence-corrected chi connectivity index (χ3v) is 4.21. The molecular weight excluding hydrogens is 280 g/mol. The van der Waals surface area contributed by atoms with Crippen LogP contribution in [0.2, 0.25) is 0 Å². The van der Waals surface area contributed by atoms with Gasteiger partial charge in [0.25, 0.3) is 0 Å². The van der Waals surface area contributed by atoms with Crippen LogP contribution in [0.15, 0.2) is 59.1 Å². The van der Waals surface area contributed by atoms with Crippen LogP contribution in [0.3, 0.4) is 0 Å². The molecule has 2 aromatic carbocycles. The minimum atomic E-state index is 0.655. The van der Waals surface area contributed by atoms with E-state index in [0.717, 1.165) is 17.1 Å². The highest BCUT2D eigenvalue weighted by Crippen LogP contribution is 2.21. The minimum absolute atomic E-state index is 0.655. The second kappa shape index (κ2) is 6.59. The van der Waals surface area contributed by atoms with Gasteiger partial charge in [-0.15, -0.1) is 11.8 Å². The van der Waals surface area contributed by atoms with E-state index in [1.807, 2.05) is 30.3 Å². The van der Waals surface area contributed by atoms with Gasteiger partial charge in [-0.05, 0) is 18.1 Å². The molecule has 1 heterocycles. The normalized spacial score (nSPS) is 10.7. The van der Waals surface area contributed by atoms with Gasteiger partial charge in [0.05, 0.1) is 5.75 Å². The van der Waals surface area contributed by atoms with Gasteiger partial charge in [0, 0.05) is 11.3 Å². The predicted molar refractivity (Wildman–Crippen MR) is 85.9 cm³/mol. The van der Waals surface area contributed by atoms with Crippen molar-refractivity contribution < 1.29 is 4.52 Å². The molecule has 0 saturated carbocycles. The third-order valence-electron chi connectivity index (χ3n) is 3.24. The molecule has 106 valence electrons. The molecule has 0 atom stereocenters. The first kappa shape index (κ1) is 13.9. The van der Waals surface area contributed by atoms with E-state index in [2.05, 4.69) is 41.3 Å². The fourth-order valence-electron chi connectivity index (χ4n) is 2.04. The van der Waals surface area contributed by atoms with Crippen molar-refractivity contribution in [2.45, 2.75) is 18.4 Å². The molecule has 0 unspecified atom stereocenters. The van der Waals surface area contributed by atoms with Crippen molar-refractivity contribution in [2.24, 2.45) is 0 Å². The maximum Gasteiger partial charge on any atom is 0.236 e. The lowest BCUT2D eigenvalue weighted by Crippen LogP contribution is -1.87. The van der Waals surface area contributed by atoms with E-state index in [4.69, 9.17) is 4.52 Å². The SMILES string of the molecule is Cc1ccccc1CSCc1nc(-c2ccccc2)no1. The van der Waals surface area contributed by atoms with E-state index in [0.29, 0.717) is 11.7 Å². The molecule has 0 spiro atoms. The highest BCUT2D eigenvalue weighted by Gasteiger charge is 2.08. The van der Waals surface area contributed by atoms with E-state index in [1.54, 1.807) is 11.8 Å². The predicted octanol–water partition coefficient (Wildman–Crippen LogP) is 4.48. The van der Waals surface area contributed by atoms with Gasteiger partial charge in [-0.25, -0.2) is 0 Å². The van der Waals surface area contributed by atoms with Crippen molar-refractivity contribution >= 4 is 11.8 Å². The Hall–Kier alpha value is -2.07. The Bertz CT molecular complexity index is 710. The third kappa shape index (κ3) is 3.52. The molecular formula is C17H16N2OS. The standard InChI is InChI=1S/C17H16N2OS/c1-13-7-5-6-10-15(13)11-21-12-16-18-17(19-20-16)14-8-3-2-4-9-14/h2-10H,11-12H2,1H3. The van der Waals surface area contributed by atoms with Gasteiger partial charge in [-0.1, -0.05) is 59.8 Å². The Labute approximate surface area is 128 Å². The summed E-state index contributed by atoms with van der Waals surface area (Å²) in [6.07, 6.45) is 0. The monoisotopic (exact) mass is 296 g/mol. The van der Waals surface area contributed by atoms with Crippen molar-refractivity contribution in [1.82, 2.24) is 10.1 Å². The second-order valence-electron chi connectivity index (χ2n) is 4.80. The van der Waals surface area contributed by atoms with Gasteiger partial charge in [0.2, 0.25) is 11.7 Å². The van der Waals surface area contributed by atoms with Crippen molar-refractivity contribution in [3.63, 3.8) is 0 Å². The molecule has 0 radical (unpaired) electrons. The largest absolute Gasteiger partial charge is 0.338 e. The number of aryl methyl sites for hydroxylation is 1. The van der Waals surface area contributed by atoms with E-state index < -0.39 is 0 Å². The van der Waals surface area contributed by atoms with E-state index >= 15 is 0 Å². The summed E-state index contributed by atoms with van der Waals surface area (Å²) >= 11 is 1.79. The van der Waals surface area contributed by atoms with Crippen LogP contribution in [0.5, 0.6) is 0 Å². The van der Waals surface area contributed by atoms with Gasteiger partial charge < -0.3 is 4.52 Å². The number of thioether (sulfide) groups is 1. The number of hydrogen-bond acceptors (Lipinski definition) is 4. The average molecular weight is 296 g/mol. The fourth-order valence-corrected chi connectivity index (χ4v) is 2.98. The minimum Gasteiger partial charge on any atom is -0.338 e. The van der Waals surface area contributed by atoms with E-state index in [-0.39, 0.29) is 0 Å². The van der Waals surface area contributed by atoms with Gasteiger partial charge >= 0.3 is 0 Å². The van der Waals surface area contributed by atoms with E-state index in [9.17, 15) is 0 Å². The molecule has 21 heavy (non-hydrogen) atoms. The Balaban J connectivity index is 1.60. The van der Waals surface area contributed by atoms with Crippen LogP contribution in [0.1, 0.15) is 17.0 Å². The van der Waals surface area contributed by atoms with Crippen LogP contribution in [0.4, 0.5) is 0 Å². The molecule has 0 amide bonds. The van der Waals surface area contributed by atoms with Crippen molar-refractivity contribution in [3.05, 3.63) is 71.6 Å². The summed E-state index contributed by atoms with van der Waals surface area (Å²) in [5, 5.41) is 4.03. The zero-order chi connectivity index (χ0) is 14.5. The lowest BCUT2D eigenvalue weighted by molar-refractivity contribution is 0.391. The number of nitrogens with zero attached hydrogens (tertiary/aromatic N) is 2. The van der Waals surface area contributed by atoms with Crippen LogP contribution < -0.4 is 0 Å². The molecule has 0 N–H and O–H groups in total. The average Bonchev–Trinajstić information content (AvgIpc) is 2.99. The maximum absolute atomic E-state index is 5.31. The molecule has 0 aliphatic heterocycles. The molecule has 3 rings (SSSR count). The summed E-state index contributed by atoms with van der Waals surface area (Å²) in [7, 11) is 0. The molecule has 0 saturated heterocycles. The van der Waals surface area contributed by atoms with Gasteiger partial charge in [-0.2, -0.15) is 4.98 Å². The van der Waals surface area contributed by atoms with Crippen molar-refractivity contribution in [3.8, 4) is 11.4 Å². The first-order chi connectivity index (χ1) is 10.3. The van der Waals surface area contributed by atoms with Gasteiger partial charge in [0.1, 0.15) is 0 Å². The zero-order valence-electron chi connectivity index (χ0n) is 11.8. The topological polar surface area (TPSA) is 38.9 Å². The molecule has 3 nitrogen and oxygen atoms in total. The lowest BCUT2D eigenvalue weighted by atomic mass is 10.1. The Morgan fingerprint density at radius 1 is 0.952 bits per heavy atom. The number of benzene rings is 2. The van der Waals surface area contributed by atoms with Crippen LogP contribution in [-0.2, 0) is 11.5 Å². The molecule has 1 aromatic heterocycles. The zero-order valence-corrected chi connectivity index (χ0v) is 12.6. The lowest BCUT2D eigenvalue weighted by Gasteiger charge is -2.03. The smallest absolute Gasteiger partial charge is 0.236 e. The summed E-state index contributed by atoms with van der Waals surface area (Å²) in [4.78, 5) is 4.44. The van der Waals surface area contributed by atoms with Gasteiger partial charge in [-0.3, -0.25) is 0 Å². The molecule has 0 aliphatic carbocycles. The van der Waals surface area contributed by atoms with Crippen LogP contribution in [0, 0.1) is 6.92 Å². The summed E-state index contributed by atoms with van der Waals surface area (Å²) in [6.45, 7) is 2.14. The highest BCUT2D eigenvalue weighted by atomic mass is 32.2. The van der Waals surface area contributed by atoms with Crippen molar-refractivity contribution in [2.75, 3.05) is 0 Å². The molecule has 4 heteroatoms. The Morgan fingerprint density at radius 3 is 2.52 bits per heavy atom. The van der Waals surface area contributed by atoms with Crippen LogP contribution in [0.25, 0.3) is 11.4 Å². The molecule has 0 bridgehead atoms. The molecule has 0 aliphatic rings. The van der Waals surface area contributed by atoms with E-state index in [1.165, 1.54) is 11.1 Å². The van der Waals surface area contributed by atoms with Crippen molar-refractivity contribution in [1.29, 1.82) is 0 Å². The molecule has 0 fully saturated rings. The summed E-state index contributed by atoms with van der Waals surface area (Å²) in [5.41, 5.74) is 3.65.